The normalized spacial score (nSPS) is 10.9. The maximum absolute atomic E-state index is 11.7. The largest absolute Gasteiger partial charge is 0.351 e. The number of rotatable bonds is 7. The summed E-state index contributed by atoms with van der Waals surface area (Å²) in [5.74, 6) is 0.964. The number of carbonyl (C=O) groups is 1. The summed E-state index contributed by atoms with van der Waals surface area (Å²) in [6.07, 6.45) is 7.77. The number of allylic oxidation sites excluding steroid dienone is 1. The average molecular weight is 270 g/mol. The van der Waals surface area contributed by atoms with Crippen LogP contribution in [0.1, 0.15) is 36.4 Å². The van der Waals surface area contributed by atoms with E-state index in [2.05, 4.69) is 36.3 Å². The van der Waals surface area contributed by atoms with Gasteiger partial charge in [-0.25, -0.2) is 4.98 Å². The summed E-state index contributed by atoms with van der Waals surface area (Å²) in [4.78, 5) is 16.6. The second kappa shape index (κ2) is 8.31. The van der Waals surface area contributed by atoms with E-state index in [1.165, 1.54) is 11.3 Å². The molecule has 0 aliphatic rings. The molecule has 94 valence electrons. The van der Waals surface area contributed by atoms with Crippen molar-refractivity contribution in [1.82, 2.24) is 10.3 Å². The second-order valence-electron chi connectivity index (χ2n) is 3.35. The van der Waals surface area contributed by atoms with Crippen molar-refractivity contribution in [2.24, 2.45) is 0 Å². The van der Waals surface area contributed by atoms with Gasteiger partial charge < -0.3 is 5.32 Å². The lowest BCUT2D eigenvalue weighted by Gasteiger charge is -1.99. The molecule has 0 saturated heterocycles. The zero-order chi connectivity index (χ0) is 12.5. The summed E-state index contributed by atoms with van der Waals surface area (Å²) in [6, 6.07) is 0. The van der Waals surface area contributed by atoms with Gasteiger partial charge in [-0.15, -0.1) is 11.3 Å². The van der Waals surface area contributed by atoms with E-state index in [1.807, 2.05) is 0 Å². The molecule has 0 aromatic carbocycles. The molecular weight excluding hydrogens is 252 g/mol. The van der Waals surface area contributed by atoms with Gasteiger partial charge in [0.2, 0.25) is 0 Å². The Morgan fingerprint density at radius 1 is 1.53 bits per heavy atom. The van der Waals surface area contributed by atoms with E-state index in [0.717, 1.165) is 22.9 Å². The van der Waals surface area contributed by atoms with Gasteiger partial charge in [-0.1, -0.05) is 37.8 Å². The number of nitrogens with zero attached hydrogens (tertiary/aromatic N) is 1. The summed E-state index contributed by atoms with van der Waals surface area (Å²) in [5.41, 5.74) is 0. The SMILES string of the molecule is CC/C=C/CCNC(=O)c1cnc(SCC)s1. The first kappa shape index (κ1) is 14.3. The molecule has 1 heterocycles. The first-order valence-corrected chi connectivity index (χ1v) is 7.60. The second-order valence-corrected chi connectivity index (χ2v) is 5.89. The molecule has 3 nitrogen and oxygen atoms in total. The Bertz CT molecular complexity index is 374. The van der Waals surface area contributed by atoms with Gasteiger partial charge in [-0.3, -0.25) is 4.79 Å². The number of hydrogen-bond donors (Lipinski definition) is 1. The third-order valence-corrected chi connectivity index (χ3v) is 4.01. The van der Waals surface area contributed by atoms with Crippen LogP contribution >= 0.6 is 23.1 Å². The Labute approximate surface area is 111 Å². The smallest absolute Gasteiger partial charge is 0.263 e. The third kappa shape index (κ3) is 5.37. The Morgan fingerprint density at radius 2 is 2.35 bits per heavy atom. The van der Waals surface area contributed by atoms with Gasteiger partial charge in [-0.2, -0.15) is 0 Å². The van der Waals surface area contributed by atoms with Crippen molar-refractivity contribution in [3.8, 4) is 0 Å². The number of thioether (sulfide) groups is 1. The molecule has 1 aromatic rings. The maximum atomic E-state index is 11.7. The number of nitrogens with one attached hydrogen (secondary N) is 1. The van der Waals surface area contributed by atoms with E-state index >= 15 is 0 Å². The quantitative estimate of drug-likeness (QED) is 0.469. The molecule has 1 N–H and O–H groups in total. The van der Waals surface area contributed by atoms with Gasteiger partial charge in [-0.05, 0) is 18.6 Å². The first-order valence-electron chi connectivity index (χ1n) is 5.79. The number of thiazole rings is 1. The highest BCUT2D eigenvalue weighted by molar-refractivity contribution is 8.01. The van der Waals surface area contributed by atoms with Crippen LogP contribution in [0.25, 0.3) is 0 Å². The van der Waals surface area contributed by atoms with Gasteiger partial charge >= 0.3 is 0 Å². The van der Waals surface area contributed by atoms with Gasteiger partial charge in [0.15, 0.2) is 4.34 Å². The number of amides is 1. The molecule has 1 aromatic heterocycles. The van der Waals surface area contributed by atoms with E-state index in [4.69, 9.17) is 0 Å². The van der Waals surface area contributed by atoms with Crippen LogP contribution in [0.5, 0.6) is 0 Å². The van der Waals surface area contributed by atoms with Gasteiger partial charge in [0.1, 0.15) is 4.88 Å². The van der Waals surface area contributed by atoms with Crippen molar-refractivity contribution in [3.63, 3.8) is 0 Å². The topological polar surface area (TPSA) is 42.0 Å². The summed E-state index contributed by atoms with van der Waals surface area (Å²) in [7, 11) is 0. The predicted octanol–water partition coefficient (Wildman–Crippen LogP) is 3.34. The molecule has 0 bridgehead atoms. The summed E-state index contributed by atoms with van der Waals surface area (Å²) in [6.45, 7) is 4.86. The number of hydrogen-bond acceptors (Lipinski definition) is 4. The molecular formula is C12H18N2OS2. The minimum Gasteiger partial charge on any atom is -0.351 e. The number of carbonyl (C=O) groups excluding carboxylic acids is 1. The lowest BCUT2D eigenvalue weighted by atomic mass is 10.3. The summed E-state index contributed by atoms with van der Waals surface area (Å²) < 4.78 is 0.962. The van der Waals surface area contributed by atoms with Crippen molar-refractivity contribution >= 4 is 29.0 Å². The summed E-state index contributed by atoms with van der Waals surface area (Å²) in [5, 5.41) is 2.88. The Balaban J connectivity index is 2.33. The maximum Gasteiger partial charge on any atom is 0.263 e. The monoisotopic (exact) mass is 270 g/mol. The van der Waals surface area contributed by atoms with E-state index in [-0.39, 0.29) is 5.91 Å². The molecule has 1 amide bonds. The van der Waals surface area contributed by atoms with Gasteiger partial charge in [0, 0.05) is 6.54 Å². The fraction of sp³-hybridized carbons (Fsp3) is 0.500. The Hall–Kier alpha value is -0.810. The lowest BCUT2D eigenvalue weighted by molar-refractivity contribution is 0.0958. The van der Waals surface area contributed by atoms with Crippen molar-refractivity contribution in [1.29, 1.82) is 0 Å². The van der Waals surface area contributed by atoms with Crippen LogP contribution in [-0.2, 0) is 0 Å². The van der Waals surface area contributed by atoms with Crippen LogP contribution in [0.4, 0.5) is 0 Å². The molecule has 17 heavy (non-hydrogen) atoms. The van der Waals surface area contributed by atoms with Gasteiger partial charge in [0.05, 0.1) is 6.20 Å². The van der Waals surface area contributed by atoms with E-state index in [0.29, 0.717) is 11.4 Å². The highest BCUT2D eigenvalue weighted by Crippen LogP contribution is 2.23. The molecule has 0 unspecified atom stereocenters. The van der Waals surface area contributed by atoms with Crippen LogP contribution in [0.3, 0.4) is 0 Å². The lowest BCUT2D eigenvalue weighted by Crippen LogP contribution is -2.23. The molecule has 0 fully saturated rings. The van der Waals surface area contributed by atoms with E-state index in [1.54, 1.807) is 18.0 Å². The highest BCUT2D eigenvalue weighted by Gasteiger charge is 2.09. The fourth-order valence-electron chi connectivity index (χ4n) is 1.19. The molecule has 0 aliphatic heterocycles. The van der Waals surface area contributed by atoms with Crippen LogP contribution < -0.4 is 5.32 Å². The number of aromatic nitrogens is 1. The fourth-order valence-corrected chi connectivity index (χ4v) is 2.99. The van der Waals surface area contributed by atoms with E-state index in [9.17, 15) is 4.79 Å². The van der Waals surface area contributed by atoms with Crippen LogP contribution in [-0.4, -0.2) is 23.2 Å². The first-order chi connectivity index (χ1) is 8.27. The molecule has 1 rings (SSSR count). The molecule has 0 radical (unpaired) electrons. The van der Waals surface area contributed by atoms with Crippen molar-refractivity contribution in [3.05, 3.63) is 23.2 Å². The Kier molecular flexibility index (Phi) is 6.96. The molecule has 0 aliphatic carbocycles. The zero-order valence-electron chi connectivity index (χ0n) is 10.2. The standard InChI is InChI=1S/C12H18N2OS2/c1-3-5-6-7-8-13-11(15)10-9-14-12(17-10)16-4-2/h5-6,9H,3-4,7-8H2,1-2H3,(H,13,15)/b6-5+. The van der Waals surface area contributed by atoms with Crippen LogP contribution in [0.15, 0.2) is 22.7 Å². The third-order valence-electron chi connectivity index (χ3n) is 1.98. The highest BCUT2D eigenvalue weighted by atomic mass is 32.2. The van der Waals surface area contributed by atoms with Crippen LogP contribution in [0, 0.1) is 0 Å². The van der Waals surface area contributed by atoms with Crippen molar-refractivity contribution in [2.75, 3.05) is 12.3 Å². The zero-order valence-corrected chi connectivity index (χ0v) is 11.9. The average Bonchev–Trinajstić information content (AvgIpc) is 2.78. The van der Waals surface area contributed by atoms with Crippen LogP contribution in [0.2, 0.25) is 0 Å². The molecule has 0 saturated carbocycles. The van der Waals surface area contributed by atoms with Crippen molar-refractivity contribution in [2.45, 2.75) is 31.0 Å². The molecule has 0 atom stereocenters. The minimum atomic E-state index is -0.0182. The molecule has 0 spiro atoms. The van der Waals surface area contributed by atoms with Crippen molar-refractivity contribution < 1.29 is 4.79 Å². The summed E-state index contributed by atoms with van der Waals surface area (Å²) >= 11 is 3.12. The Morgan fingerprint density at radius 3 is 3.06 bits per heavy atom. The van der Waals surface area contributed by atoms with E-state index < -0.39 is 0 Å². The predicted molar refractivity (Wildman–Crippen MR) is 74.9 cm³/mol. The minimum absolute atomic E-state index is 0.0182. The molecule has 5 heteroatoms. The van der Waals surface area contributed by atoms with Gasteiger partial charge in [0.25, 0.3) is 5.91 Å².